The van der Waals surface area contributed by atoms with Crippen molar-refractivity contribution in [3.63, 3.8) is 0 Å². The van der Waals surface area contributed by atoms with Gasteiger partial charge in [-0.25, -0.2) is 9.18 Å². The van der Waals surface area contributed by atoms with Crippen molar-refractivity contribution in [2.45, 2.75) is 43.9 Å². The van der Waals surface area contributed by atoms with E-state index >= 15 is 0 Å². The summed E-state index contributed by atoms with van der Waals surface area (Å²) in [5.74, 6) is -0.163. The Morgan fingerprint density at radius 2 is 1.77 bits per heavy atom. The second kappa shape index (κ2) is 9.41. The van der Waals surface area contributed by atoms with Crippen LogP contribution in [0.4, 0.5) is 22.4 Å². The van der Waals surface area contributed by atoms with Crippen molar-refractivity contribution in [2.24, 2.45) is 0 Å². The molecule has 1 amide bonds. The predicted octanol–water partition coefficient (Wildman–Crippen LogP) is 5.58. The summed E-state index contributed by atoms with van der Waals surface area (Å²) >= 11 is 0. The summed E-state index contributed by atoms with van der Waals surface area (Å²) in [4.78, 5) is 15.9. The van der Waals surface area contributed by atoms with Gasteiger partial charge in [0.1, 0.15) is 17.3 Å². The molecular formula is C25H28F4N2O4. The molecule has 35 heavy (non-hydrogen) atoms. The molecule has 1 unspecified atom stereocenters. The van der Waals surface area contributed by atoms with E-state index in [0.717, 1.165) is 12.1 Å². The number of alkyl halides is 3. The van der Waals surface area contributed by atoms with E-state index in [-0.39, 0.29) is 22.8 Å². The lowest BCUT2D eigenvalue weighted by atomic mass is 9.73. The SMILES string of the molecule is COc1ccc(F)cc1C(C)(C)CC(O)(Cc1cc2cc(OC(=O)N(C)C)ccc2[nH]1)C(F)(F)F. The van der Waals surface area contributed by atoms with Crippen molar-refractivity contribution in [3.05, 3.63) is 59.5 Å². The molecule has 0 aliphatic heterocycles. The monoisotopic (exact) mass is 496 g/mol. The lowest BCUT2D eigenvalue weighted by molar-refractivity contribution is -0.266. The van der Waals surface area contributed by atoms with Crippen LogP contribution in [0, 0.1) is 5.82 Å². The summed E-state index contributed by atoms with van der Waals surface area (Å²) in [5.41, 5.74) is -3.56. The number of nitrogens with zero attached hydrogens (tertiary/aromatic N) is 1. The van der Waals surface area contributed by atoms with Gasteiger partial charge in [-0.3, -0.25) is 0 Å². The normalized spacial score (nSPS) is 14.0. The second-order valence-electron chi connectivity index (χ2n) is 9.42. The van der Waals surface area contributed by atoms with Crippen LogP contribution in [0.3, 0.4) is 0 Å². The molecule has 0 radical (unpaired) electrons. The highest BCUT2D eigenvalue weighted by atomic mass is 19.4. The average Bonchev–Trinajstić information content (AvgIpc) is 3.13. The van der Waals surface area contributed by atoms with Crippen molar-refractivity contribution in [3.8, 4) is 11.5 Å². The number of methoxy groups -OCH3 is 1. The van der Waals surface area contributed by atoms with Crippen molar-refractivity contribution in [1.82, 2.24) is 9.88 Å². The number of aromatic amines is 1. The molecule has 0 bridgehead atoms. The zero-order valence-corrected chi connectivity index (χ0v) is 20.1. The molecule has 0 fully saturated rings. The topological polar surface area (TPSA) is 74.8 Å². The Hall–Kier alpha value is -3.27. The predicted molar refractivity (Wildman–Crippen MR) is 123 cm³/mol. The quantitative estimate of drug-likeness (QED) is 0.419. The number of carbonyl (C=O) groups excluding carboxylic acids is 1. The first-order valence-corrected chi connectivity index (χ1v) is 10.8. The Balaban J connectivity index is 1.94. The number of ether oxygens (including phenoxy) is 2. The highest BCUT2D eigenvalue weighted by molar-refractivity contribution is 5.83. The van der Waals surface area contributed by atoms with Crippen LogP contribution in [0.1, 0.15) is 31.5 Å². The van der Waals surface area contributed by atoms with Crippen LogP contribution >= 0.6 is 0 Å². The van der Waals surface area contributed by atoms with E-state index in [1.165, 1.54) is 64.2 Å². The Kier molecular flexibility index (Phi) is 7.08. The second-order valence-corrected chi connectivity index (χ2v) is 9.42. The van der Waals surface area contributed by atoms with Gasteiger partial charge < -0.3 is 24.5 Å². The first-order chi connectivity index (χ1) is 16.1. The van der Waals surface area contributed by atoms with Gasteiger partial charge in [0.2, 0.25) is 0 Å². The summed E-state index contributed by atoms with van der Waals surface area (Å²) in [6, 6.07) is 9.69. The van der Waals surface area contributed by atoms with Gasteiger partial charge in [0.15, 0.2) is 5.60 Å². The average molecular weight is 497 g/mol. The molecule has 0 aliphatic carbocycles. The van der Waals surface area contributed by atoms with E-state index in [2.05, 4.69) is 4.98 Å². The third kappa shape index (κ3) is 5.70. The van der Waals surface area contributed by atoms with Crippen LogP contribution in [0.5, 0.6) is 11.5 Å². The summed E-state index contributed by atoms with van der Waals surface area (Å²) in [7, 11) is 4.39. The number of fused-ring (bicyclic) bond motifs is 1. The summed E-state index contributed by atoms with van der Waals surface area (Å²) in [6.45, 7) is 3.00. The minimum atomic E-state index is -4.98. The van der Waals surface area contributed by atoms with Gasteiger partial charge in [0.05, 0.1) is 7.11 Å². The number of amides is 1. The number of hydrogen-bond acceptors (Lipinski definition) is 4. The van der Waals surface area contributed by atoms with Gasteiger partial charge in [0.25, 0.3) is 0 Å². The number of aliphatic hydroxyl groups is 1. The number of halogens is 4. The smallest absolute Gasteiger partial charge is 0.417 e. The van der Waals surface area contributed by atoms with Crippen LogP contribution in [0.25, 0.3) is 10.9 Å². The number of carbonyl (C=O) groups is 1. The molecular weight excluding hydrogens is 468 g/mol. The Bertz CT molecular complexity index is 1220. The Morgan fingerprint density at radius 3 is 2.37 bits per heavy atom. The van der Waals surface area contributed by atoms with E-state index in [4.69, 9.17) is 9.47 Å². The third-order valence-corrected chi connectivity index (χ3v) is 5.85. The van der Waals surface area contributed by atoms with Crippen LogP contribution in [0.2, 0.25) is 0 Å². The molecule has 2 N–H and O–H groups in total. The number of hydrogen-bond donors (Lipinski definition) is 2. The Morgan fingerprint density at radius 1 is 1.09 bits per heavy atom. The maximum absolute atomic E-state index is 14.2. The number of aromatic nitrogens is 1. The first kappa shape index (κ1) is 26.3. The minimum Gasteiger partial charge on any atom is -0.496 e. The molecule has 1 heterocycles. The maximum atomic E-state index is 14.2. The Labute approximate surface area is 200 Å². The van der Waals surface area contributed by atoms with E-state index in [9.17, 15) is 27.5 Å². The van der Waals surface area contributed by atoms with Crippen molar-refractivity contribution >= 4 is 17.0 Å². The van der Waals surface area contributed by atoms with Crippen molar-refractivity contribution in [1.29, 1.82) is 0 Å². The number of benzene rings is 2. The van der Waals surface area contributed by atoms with Crippen LogP contribution in [-0.2, 0) is 11.8 Å². The fourth-order valence-corrected chi connectivity index (χ4v) is 4.14. The molecule has 6 nitrogen and oxygen atoms in total. The van der Waals surface area contributed by atoms with Crippen LogP contribution in [0.15, 0.2) is 42.5 Å². The fourth-order valence-electron chi connectivity index (χ4n) is 4.14. The minimum absolute atomic E-state index is 0.137. The maximum Gasteiger partial charge on any atom is 0.417 e. The fraction of sp³-hybridized carbons (Fsp3) is 0.400. The molecule has 1 atom stereocenters. The highest BCUT2D eigenvalue weighted by Gasteiger charge is 2.56. The van der Waals surface area contributed by atoms with Crippen LogP contribution in [-0.4, -0.2) is 54.1 Å². The molecule has 3 rings (SSSR count). The number of nitrogens with one attached hydrogen (secondary N) is 1. The molecule has 190 valence electrons. The zero-order chi connectivity index (χ0) is 26.2. The molecule has 0 saturated heterocycles. The largest absolute Gasteiger partial charge is 0.496 e. The molecule has 3 aromatic rings. The highest BCUT2D eigenvalue weighted by Crippen LogP contribution is 2.45. The molecule has 0 aliphatic rings. The van der Waals surface area contributed by atoms with Gasteiger partial charge in [-0.05, 0) is 54.3 Å². The summed E-state index contributed by atoms with van der Waals surface area (Å²) in [5, 5.41) is 11.4. The molecule has 2 aromatic carbocycles. The molecule has 10 heteroatoms. The zero-order valence-electron chi connectivity index (χ0n) is 20.1. The summed E-state index contributed by atoms with van der Waals surface area (Å²) < 4.78 is 67.0. The molecule has 0 saturated carbocycles. The van der Waals surface area contributed by atoms with E-state index in [0.29, 0.717) is 10.9 Å². The van der Waals surface area contributed by atoms with Crippen molar-refractivity contribution in [2.75, 3.05) is 21.2 Å². The van der Waals surface area contributed by atoms with Gasteiger partial charge in [-0.2, -0.15) is 13.2 Å². The van der Waals surface area contributed by atoms with Gasteiger partial charge in [-0.15, -0.1) is 0 Å². The van der Waals surface area contributed by atoms with E-state index in [1.807, 2.05) is 0 Å². The number of rotatable bonds is 7. The molecule has 1 aromatic heterocycles. The molecule has 0 spiro atoms. The standard InChI is InChI=1S/C25H28F4N2O4/c1-23(2,19-12-16(26)6-9-21(19)34-5)14-24(33,25(27,28)29)13-17-10-15-11-18(7-8-20(15)30-17)35-22(32)31(3)4/h6-12,30,33H,13-14H2,1-5H3. The van der Waals surface area contributed by atoms with E-state index in [1.54, 1.807) is 6.07 Å². The van der Waals surface area contributed by atoms with E-state index < -0.39 is 41.9 Å². The van der Waals surface area contributed by atoms with Gasteiger partial charge >= 0.3 is 12.3 Å². The third-order valence-electron chi connectivity index (χ3n) is 5.85. The summed E-state index contributed by atoms with van der Waals surface area (Å²) in [6.07, 6.45) is -7.08. The van der Waals surface area contributed by atoms with Crippen molar-refractivity contribution < 1.29 is 36.9 Å². The lowest BCUT2D eigenvalue weighted by Gasteiger charge is -2.38. The first-order valence-electron chi connectivity index (χ1n) is 10.8. The van der Waals surface area contributed by atoms with Crippen LogP contribution < -0.4 is 9.47 Å². The van der Waals surface area contributed by atoms with Gasteiger partial charge in [-0.1, -0.05) is 13.8 Å². The lowest BCUT2D eigenvalue weighted by Crippen LogP contribution is -2.51. The number of H-pyrrole nitrogens is 1. The van der Waals surface area contributed by atoms with Gasteiger partial charge in [0, 0.05) is 42.7 Å².